The van der Waals surface area contributed by atoms with Crippen molar-refractivity contribution >= 4 is 54.6 Å². The number of para-hydroxylation sites is 4. The standard InChI is InChI=1S/C43H29N5O/c1-46-37-19-8-6-17-35(37)45-43(46)28-12-11-15-30(26-28)49-31-21-22-34-39(27-31)48(40-20-9-10-25-44-40)38-24-23-33-32-16-5-7-18-36(32)47(42(33)41(34)38)29-13-3-2-4-14-29/h2-27H,1H3. The van der Waals surface area contributed by atoms with Crippen LogP contribution in [0.3, 0.4) is 0 Å². The van der Waals surface area contributed by atoms with E-state index in [2.05, 4.69) is 130 Å². The van der Waals surface area contributed by atoms with Gasteiger partial charge in [0.2, 0.25) is 0 Å². The van der Waals surface area contributed by atoms with E-state index in [1.807, 2.05) is 48.7 Å². The van der Waals surface area contributed by atoms with Gasteiger partial charge in [-0.15, -0.1) is 0 Å². The fourth-order valence-electron chi connectivity index (χ4n) is 7.42. The molecule has 0 aliphatic heterocycles. The average Bonchev–Trinajstić information content (AvgIpc) is 3.79. The third-order valence-corrected chi connectivity index (χ3v) is 9.54. The van der Waals surface area contributed by atoms with Crippen molar-refractivity contribution in [3.8, 4) is 34.4 Å². The molecule has 0 amide bonds. The van der Waals surface area contributed by atoms with Crippen LogP contribution in [0, 0.1) is 0 Å². The number of aryl methyl sites for hydroxylation is 1. The molecule has 0 saturated heterocycles. The topological polar surface area (TPSA) is 49.8 Å². The van der Waals surface area contributed by atoms with Crippen LogP contribution in [0.5, 0.6) is 11.5 Å². The van der Waals surface area contributed by atoms with E-state index in [1.54, 1.807) is 0 Å². The Hall–Kier alpha value is -6.66. The minimum atomic E-state index is 0.745. The Morgan fingerprint density at radius 3 is 2.16 bits per heavy atom. The summed E-state index contributed by atoms with van der Waals surface area (Å²) in [7, 11) is 2.05. The molecule has 10 rings (SSSR count). The third-order valence-electron chi connectivity index (χ3n) is 9.54. The summed E-state index contributed by atoms with van der Waals surface area (Å²) < 4.78 is 13.4. The number of pyridine rings is 1. The maximum absolute atomic E-state index is 6.60. The summed E-state index contributed by atoms with van der Waals surface area (Å²) in [4.78, 5) is 9.72. The molecule has 232 valence electrons. The Labute approximate surface area is 281 Å². The molecule has 0 fully saturated rings. The van der Waals surface area contributed by atoms with Crippen molar-refractivity contribution in [2.24, 2.45) is 7.05 Å². The smallest absolute Gasteiger partial charge is 0.140 e. The van der Waals surface area contributed by atoms with E-state index in [0.717, 1.165) is 61.8 Å². The number of hydrogen-bond donors (Lipinski definition) is 0. The molecule has 6 aromatic carbocycles. The average molecular weight is 632 g/mol. The molecule has 0 radical (unpaired) electrons. The van der Waals surface area contributed by atoms with Crippen LogP contribution in [-0.2, 0) is 7.05 Å². The van der Waals surface area contributed by atoms with Crippen LogP contribution in [0.15, 0.2) is 158 Å². The van der Waals surface area contributed by atoms with E-state index in [9.17, 15) is 0 Å². The van der Waals surface area contributed by atoms with Gasteiger partial charge in [-0.25, -0.2) is 9.97 Å². The monoisotopic (exact) mass is 631 g/mol. The van der Waals surface area contributed by atoms with Gasteiger partial charge in [-0.1, -0.05) is 72.8 Å². The molecule has 6 nitrogen and oxygen atoms in total. The zero-order valence-electron chi connectivity index (χ0n) is 26.7. The molecule has 6 heteroatoms. The highest BCUT2D eigenvalue weighted by molar-refractivity contribution is 6.26. The van der Waals surface area contributed by atoms with E-state index < -0.39 is 0 Å². The van der Waals surface area contributed by atoms with Crippen molar-refractivity contribution in [2.45, 2.75) is 0 Å². The highest BCUT2D eigenvalue weighted by Gasteiger charge is 2.21. The second-order valence-corrected chi connectivity index (χ2v) is 12.4. The van der Waals surface area contributed by atoms with Crippen LogP contribution in [-0.4, -0.2) is 23.7 Å². The van der Waals surface area contributed by atoms with Gasteiger partial charge in [-0.2, -0.15) is 0 Å². The first-order valence-electron chi connectivity index (χ1n) is 16.4. The van der Waals surface area contributed by atoms with Gasteiger partial charge in [0.1, 0.15) is 23.1 Å². The van der Waals surface area contributed by atoms with Gasteiger partial charge in [0.25, 0.3) is 0 Å². The Kier molecular flexibility index (Phi) is 5.99. The molecule has 0 aliphatic rings. The van der Waals surface area contributed by atoms with Gasteiger partial charge < -0.3 is 13.9 Å². The van der Waals surface area contributed by atoms with Gasteiger partial charge >= 0.3 is 0 Å². The lowest BCUT2D eigenvalue weighted by atomic mass is 10.1. The molecular weight excluding hydrogens is 603 g/mol. The first kappa shape index (κ1) is 27.5. The van der Waals surface area contributed by atoms with E-state index >= 15 is 0 Å². The molecule has 0 N–H and O–H groups in total. The van der Waals surface area contributed by atoms with Crippen LogP contribution in [0.25, 0.3) is 77.5 Å². The van der Waals surface area contributed by atoms with Crippen LogP contribution in [0.1, 0.15) is 0 Å². The van der Waals surface area contributed by atoms with E-state index in [-0.39, 0.29) is 0 Å². The van der Waals surface area contributed by atoms with Crippen molar-refractivity contribution in [2.75, 3.05) is 0 Å². The van der Waals surface area contributed by atoms with Gasteiger partial charge in [0.05, 0.1) is 33.1 Å². The summed E-state index contributed by atoms with van der Waals surface area (Å²) in [6, 6.07) is 52.5. The summed E-state index contributed by atoms with van der Waals surface area (Å²) in [5, 5.41) is 4.74. The second-order valence-electron chi connectivity index (χ2n) is 12.4. The number of imidazole rings is 1. The number of fused-ring (bicyclic) bond motifs is 8. The minimum absolute atomic E-state index is 0.745. The van der Waals surface area contributed by atoms with Crippen LogP contribution in [0.2, 0.25) is 0 Å². The van der Waals surface area contributed by atoms with Gasteiger partial charge in [0, 0.05) is 52.1 Å². The lowest BCUT2D eigenvalue weighted by molar-refractivity contribution is 0.483. The van der Waals surface area contributed by atoms with Crippen molar-refractivity contribution in [3.63, 3.8) is 0 Å². The Balaban J connectivity index is 1.19. The SMILES string of the molecule is Cn1c(-c2cccc(Oc3ccc4c5c(ccc6c7ccccc7n(-c7ccccc7)c65)n(-c5ccccn5)c4c3)c2)nc2ccccc21. The Morgan fingerprint density at radius 1 is 0.531 bits per heavy atom. The van der Waals surface area contributed by atoms with Crippen LogP contribution < -0.4 is 4.74 Å². The van der Waals surface area contributed by atoms with E-state index in [0.29, 0.717) is 0 Å². The van der Waals surface area contributed by atoms with Gasteiger partial charge in [0.15, 0.2) is 0 Å². The molecule has 4 aromatic heterocycles. The molecule has 0 saturated carbocycles. The molecule has 4 heterocycles. The van der Waals surface area contributed by atoms with Crippen LogP contribution >= 0.6 is 0 Å². The number of hydrogen-bond acceptors (Lipinski definition) is 3. The quantitative estimate of drug-likeness (QED) is 0.190. The van der Waals surface area contributed by atoms with Crippen molar-refractivity contribution in [1.82, 2.24) is 23.7 Å². The molecule has 10 aromatic rings. The van der Waals surface area contributed by atoms with Crippen molar-refractivity contribution in [3.05, 3.63) is 158 Å². The Bertz CT molecular complexity index is 2860. The Morgan fingerprint density at radius 2 is 1.31 bits per heavy atom. The van der Waals surface area contributed by atoms with Crippen molar-refractivity contribution < 1.29 is 4.74 Å². The van der Waals surface area contributed by atoms with E-state index in [1.165, 1.54) is 27.2 Å². The molecule has 49 heavy (non-hydrogen) atoms. The first-order valence-corrected chi connectivity index (χ1v) is 16.4. The number of ether oxygens (including phenoxy) is 1. The summed E-state index contributed by atoms with van der Waals surface area (Å²) in [5.74, 6) is 3.24. The summed E-state index contributed by atoms with van der Waals surface area (Å²) in [6.45, 7) is 0. The second kappa shape index (κ2) is 10.7. The lowest BCUT2D eigenvalue weighted by Gasteiger charge is -2.10. The predicted octanol–water partition coefficient (Wildman–Crippen LogP) is 10.6. The number of rotatable bonds is 5. The summed E-state index contributed by atoms with van der Waals surface area (Å²) in [6.07, 6.45) is 1.85. The zero-order chi connectivity index (χ0) is 32.5. The third kappa shape index (κ3) is 4.21. The molecule has 0 unspecified atom stereocenters. The highest BCUT2D eigenvalue weighted by atomic mass is 16.5. The predicted molar refractivity (Wildman–Crippen MR) is 199 cm³/mol. The molecule has 0 bridgehead atoms. The normalized spacial score (nSPS) is 11.8. The maximum atomic E-state index is 6.60. The summed E-state index contributed by atoms with van der Waals surface area (Å²) in [5.41, 5.74) is 8.65. The maximum Gasteiger partial charge on any atom is 0.140 e. The fraction of sp³-hybridized carbons (Fsp3) is 0.0233. The van der Waals surface area contributed by atoms with E-state index in [4.69, 9.17) is 14.7 Å². The largest absolute Gasteiger partial charge is 0.457 e. The van der Waals surface area contributed by atoms with Gasteiger partial charge in [-0.05, 0) is 72.8 Å². The first-order chi connectivity index (χ1) is 24.2. The fourth-order valence-corrected chi connectivity index (χ4v) is 7.42. The van der Waals surface area contributed by atoms with Gasteiger partial charge in [-0.3, -0.25) is 4.57 Å². The molecule has 0 atom stereocenters. The van der Waals surface area contributed by atoms with Crippen LogP contribution in [0.4, 0.5) is 0 Å². The number of aromatic nitrogens is 5. The molecule has 0 spiro atoms. The lowest BCUT2D eigenvalue weighted by Crippen LogP contribution is -1.97. The molecular formula is C43H29N5O. The minimum Gasteiger partial charge on any atom is -0.457 e. The highest BCUT2D eigenvalue weighted by Crippen LogP contribution is 2.43. The molecule has 0 aliphatic carbocycles. The van der Waals surface area contributed by atoms with Crippen molar-refractivity contribution in [1.29, 1.82) is 0 Å². The summed E-state index contributed by atoms with van der Waals surface area (Å²) >= 11 is 0. The zero-order valence-corrected chi connectivity index (χ0v) is 26.7. The number of benzene rings is 6. The number of nitrogens with zero attached hydrogens (tertiary/aromatic N) is 5.